The maximum Gasteiger partial charge on any atom is 0.420 e. The summed E-state index contributed by atoms with van der Waals surface area (Å²) < 4.78 is 76.2. The lowest BCUT2D eigenvalue weighted by Crippen LogP contribution is -2.12. The average molecular weight is 306 g/mol. The molecule has 0 amide bonds. The van der Waals surface area contributed by atoms with E-state index in [0.29, 0.717) is 12.1 Å². The smallest absolute Gasteiger partial charge is 0.383 e. The Balaban J connectivity index is 2.56. The fourth-order valence-electron chi connectivity index (χ4n) is 1.86. The number of nitrogens with two attached hydrogens (primary N) is 1. The number of halogens is 6. The molecule has 2 rings (SSSR count). The van der Waals surface area contributed by atoms with Gasteiger partial charge in [-0.05, 0) is 29.3 Å². The van der Waals surface area contributed by atoms with Gasteiger partial charge in [0, 0.05) is 6.20 Å². The molecule has 21 heavy (non-hydrogen) atoms. The first-order chi connectivity index (χ1) is 9.60. The Labute approximate surface area is 115 Å². The van der Waals surface area contributed by atoms with Gasteiger partial charge in [-0.2, -0.15) is 26.3 Å². The number of pyridine rings is 1. The summed E-state index contributed by atoms with van der Waals surface area (Å²) in [4.78, 5) is 3.37. The van der Waals surface area contributed by atoms with Crippen molar-refractivity contribution in [1.29, 1.82) is 0 Å². The second-order valence-electron chi connectivity index (χ2n) is 4.19. The van der Waals surface area contributed by atoms with Gasteiger partial charge in [0.15, 0.2) is 0 Å². The van der Waals surface area contributed by atoms with E-state index < -0.39 is 29.3 Å². The summed E-state index contributed by atoms with van der Waals surface area (Å²) in [6, 6.07) is 4.42. The second-order valence-corrected chi connectivity index (χ2v) is 4.19. The molecule has 0 radical (unpaired) electrons. The Kier molecular flexibility index (Phi) is 3.56. The topological polar surface area (TPSA) is 38.9 Å². The first kappa shape index (κ1) is 15.1. The van der Waals surface area contributed by atoms with E-state index in [1.807, 2.05) is 0 Å². The molecule has 0 spiro atoms. The van der Waals surface area contributed by atoms with Gasteiger partial charge in [0.05, 0.1) is 5.56 Å². The maximum atomic E-state index is 13.0. The number of aromatic nitrogens is 1. The molecular formula is C13H8F6N2. The number of alkyl halides is 6. The minimum absolute atomic E-state index is 0.0237. The molecule has 0 fully saturated rings. The second kappa shape index (κ2) is 4.94. The molecule has 0 saturated carbocycles. The van der Waals surface area contributed by atoms with E-state index in [1.54, 1.807) is 0 Å². The summed E-state index contributed by atoms with van der Waals surface area (Å²) in [6.45, 7) is 0. The van der Waals surface area contributed by atoms with Crippen LogP contribution in [0.5, 0.6) is 0 Å². The van der Waals surface area contributed by atoms with Crippen molar-refractivity contribution in [3.8, 4) is 11.1 Å². The van der Waals surface area contributed by atoms with Crippen molar-refractivity contribution in [2.45, 2.75) is 12.4 Å². The van der Waals surface area contributed by atoms with Gasteiger partial charge < -0.3 is 5.73 Å². The van der Waals surface area contributed by atoms with Crippen LogP contribution < -0.4 is 5.73 Å². The molecule has 0 aliphatic rings. The SMILES string of the molecule is Nc1nccc(-c2ccc(C(F)(F)F)cc2)c1C(F)(F)F. The molecule has 0 saturated heterocycles. The molecule has 0 unspecified atom stereocenters. The predicted octanol–water partition coefficient (Wildman–Crippen LogP) is 4.37. The van der Waals surface area contributed by atoms with Crippen molar-refractivity contribution in [2.24, 2.45) is 0 Å². The van der Waals surface area contributed by atoms with Crippen LogP contribution >= 0.6 is 0 Å². The number of hydrogen-bond donors (Lipinski definition) is 1. The quantitative estimate of drug-likeness (QED) is 0.795. The lowest BCUT2D eigenvalue weighted by atomic mass is 9.99. The number of nitrogens with zero attached hydrogens (tertiary/aromatic N) is 1. The van der Waals surface area contributed by atoms with Crippen molar-refractivity contribution in [3.63, 3.8) is 0 Å². The summed E-state index contributed by atoms with van der Waals surface area (Å²) in [5, 5.41) is 0. The number of hydrogen-bond acceptors (Lipinski definition) is 2. The Morgan fingerprint density at radius 1 is 0.810 bits per heavy atom. The van der Waals surface area contributed by atoms with Crippen LogP contribution in [0, 0.1) is 0 Å². The van der Waals surface area contributed by atoms with Crippen molar-refractivity contribution in [3.05, 3.63) is 47.7 Å². The van der Waals surface area contributed by atoms with Gasteiger partial charge in [-0.1, -0.05) is 12.1 Å². The molecule has 8 heteroatoms. The lowest BCUT2D eigenvalue weighted by Gasteiger charge is -2.15. The van der Waals surface area contributed by atoms with Crippen molar-refractivity contribution in [1.82, 2.24) is 4.98 Å². The van der Waals surface area contributed by atoms with E-state index in [-0.39, 0.29) is 11.1 Å². The minimum atomic E-state index is -4.75. The van der Waals surface area contributed by atoms with E-state index in [1.165, 1.54) is 0 Å². The van der Waals surface area contributed by atoms with E-state index in [2.05, 4.69) is 4.98 Å². The zero-order valence-corrected chi connectivity index (χ0v) is 10.3. The number of nitrogen functional groups attached to an aromatic ring is 1. The van der Waals surface area contributed by atoms with Crippen molar-refractivity contribution in [2.75, 3.05) is 5.73 Å². The molecule has 0 aliphatic heterocycles. The first-order valence-electron chi connectivity index (χ1n) is 5.60. The van der Waals surface area contributed by atoms with E-state index >= 15 is 0 Å². The van der Waals surface area contributed by atoms with Gasteiger partial charge in [0.25, 0.3) is 0 Å². The average Bonchev–Trinajstić information content (AvgIpc) is 2.36. The van der Waals surface area contributed by atoms with E-state index in [4.69, 9.17) is 5.73 Å². The molecule has 1 heterocycles. The van der Waals surface area contributed by atoms with Crippen LogP contribution in [0.4, 0.5) is 32.2 Å². The third-order valence-electron chi connectivity index (χ3n) is 2.79. The van der Waals surface area contributed by atoms with Crippen molar-refractivity contribution >= 4 is 5.82 Å². The van der Waals surface area contributed by atoms with Crippen LogP contribution in [0.25, 0.3) is 11.1 Å². The van der Waals surface area contributed by atoms with Crippen LogP contribution in [0.3, 0.4) is 0 Å². The third-order valence-corrected chi connectivity index (χ3v) is 2.79. The first-order valence-corrected chi connectivity index (χ1v) is 5.60. The zero-order valence-electron chi connectivity index (χ0n) is 10.3. The maximum absolute atomic E-state index is 13.0. The third kappa shape index (κ3) is 3.09. The molecule has 112 valence electrons. The van der Waals surface area contributed by atoms with E-state index in [0.717, 1.165) is 24.4 Å². The van der Waals surface area contributed by atoms with Gasteiger partial charge in [0.2, 0.25) is 0 Å². The highest BCUT2D eigenvalue weighted by atomic mass is 19.4. The summed E-state index contributed by atoms with van der Waals surface area (Å²) in [5.41, 5.74) is 2.79. The monoisotopic (exact) mass is 306 g/mol. The number of rotatable bonds is 1. The van der Waals surface area contributed by atoms with Crippen LogP contribution in [0.1, 0.15) is 11.1 Å². The number of anilines is 1. The highest BCUT2D eigenvalue weighted by molar-refractivity contribution is 5.72. The van der Waals surface area contributed by atoms with Gasteiger partial charge >= 0.3 is 12.4 Å². The molecule has 1 aromatic carbocycles. The molecule has 2 N–H and O–H groups in total. The highest BCUT2D eigenvalue weighted by Gasteiger charge is 2.37. The summed E-state index contributed by atoms with van der Waals surface area (Å²) in [5.74, 6) is -0.722. The largest absolute Gasteiger partial charge is 0.420 e. The molecular weight excluding hydrogens is 298 g/mol. The Morgan fingerprint density at radius 2 is 1.38 bits per heavy atom. The van der Waals surface area contributed by atoms with Gasteiger partial charge in [-0.25, -0.2) is 4.98 Å². The molecule has 2 aromatic rings. The molecule has 2 nitrogen and oxygen atoms in total. The number of benzene rings is 1. The Morgan fingerprint density at radius 3 is 1.86 bits per heavy atom. The Bertz CT molecular complexity index is 643. The molecule has 1 aromatic heterocycles. The molecule has 0 atom stereocenters. The fourth-order valence-corrected chi connectivity index (χ4v) is 1.86. The summed E-state index contributed by atoms with van der Waals surface area (Å²) >= 11 is 0. The van der Waals surface area contributed by atoms with Crippen LogP contribution in [0.2, 0.25) is 0 Å². The minimum Gasteiger partial charge on any atom is -0.383 e. The standard InChI is InChI=1S/C13H8F6N2/c14-12(15,16)8-3-1-7(2-4-8)9-5-6-21-11(20)10(9)13(17,18)19/h1-6H,(H2,20,21). The van der Waals surface area contributed by atoms with Gasteiger partial charge in [-0.3, -0.25) is 0 Å². The Hall–Kier alpha value is -2.25. The van der Waals surface area contributed by atoms with Crippen LogP contribution in [0.15, 0.2) is 36.5 Å². The zero-order chi connectivity index (χ0) is 15.8. The van der Waals surface area contributed by atoms with Gasteiger partial charge in [-0.15, -0.1) is 0 Å². The van der Waals surface area contributed by atoms with E-state index in [9.17, 15) is 26.3 Å². The normalized spacial score (nSPS) is 12.5. The van der Waals surface area contributed by atoms with Crippen molar-refractivity contribution < 1.29 is 26.3 Å². The summed E-state index contributed by atoms with van der Waals surface area (Å²) in [7, 11) is 0. The summed E-state index contributed by atoms with van der Waals surface area (Å²) in [6.07, 6.45) is -8.24. The van der Waals surface area contributed by atoms with Crippen LogP contribution in [-0.4, -0.2) is 4.98 Å². The predicted molar refractivity (Wildman–Crippen MR) is 64.1 cm³/mol. The van der Waals surface area contributed by atoms with Crippen LogP contribution in [-0.2, 0) is 12.4 Å². The molecule has 0 aliphatic carbocycles. The highest BCUT2D eigenvalue weighted by Crippen LogP contribution is 2.40. The molecule has 0 bridgehead atoms. The van der Waals surface area contributed by atoms with Gasteiger partial charge in [0.1, 0.15) is 11.4 Å². The fraction of sp³-hybridized carbons (Fsp3) is 0.154. The lowest BCUT2D eigenvalue weighted by molar-refractivity contribution is -0.138.